The molecule has 0 unspecified atom stereocenters. The molecule has 0 bridgehead atoms. The lowest BCUT2D eigenvalue weighted by molar-refractivity contribution is -0.159. The van der Waals surface area contributed by atoms with E-state index in [4.69, 9.17) is 9.84 Å². The van der Waals surface area contributed by atoms with Crippen molar-refractivity contribution in [2.45, 2.75) is 18.7 Å². The van der Waals surface area contributed by atoms with E-state index in [1.807, 2.05) is 0 Å². The smallest absolute Gasteiger partial charge is 0.471 e. The van der Waals surface area contributed by atoms with Gasteiger partial charge in [0.25, 0.3) is 0 Å². The number of benzene rings is 1. The van der Waals surface area contributed by atoms with Gasteiger partial charge in [0.05, 0.1) is 12.1 Å². The highest BCUT2D eigenvalue weighted by Gasteiger charge is 2.38. The lowest BCUT2D eigenvalue weighted by Crippen LogP contribution is -2.29. The number of likely N-dealkylation sites (tertiary alicyclic amines) is 1. The number of aromatic nitrogens is 2. The molecule has 1 aromatic heterocycles. The first kappa shape index (κ1) is 17.0. The Kier molecular flexibility index (Phi) is 4.23. The van der Waals surface area contributed by atoms with E-state index in [9.17, 15) is 22.4 Å². The molecule has 2 heterocycles. The number of alkyl halides is 3. The summed E-state index contributed by atoms with van der Waals surface area (Å²) in [5, 5.41) is 12.0. The Morgan fingerprint density at radius 2 is 2.16 bits per heavy atom. The van der Waals surface area contributed by atoms with Gasteiger partial charge in [-0.05, 0) is 12.1 Å². The Hall–Kier alpha value is -2.85. The first-order valence-corrected chi connectivity index (χ1v) is 7.09. The van der Waals surface area contributed by atoms with Crippen LogP contribution in [0.5, 0.6) is 5.75 Å². The van der Waals surface area contributed by atoms with Crippen LogP contribution in [0, 0.1) is 5.82 Å². The lowest BCUT2D eigenvalue weighted by atomic mass is 10.2. The summed E-state index contributed by atoms with van der Waals surface area (Å²) >= 11 is 0. The summed E-state index contributed by atoms with van der Waals surface area (Å²) in [6.07, 6.45) is -5.85. The van der Waals surface area contributed by atoms with Crippen molar-refractivity contribution < 1.29 is 36.7 Å². The highest BCUT2D eigenvalue weighted by Crippen LogP contribution is 2.31. The summed E-state index contributed by atoms with van der Waals surface area (Å²) in [4.78, 5) is 15.1. The molecule has 0 radical (unpaired) electrons. The minimum absolute atomic E-state index is 0.123. The van der Waals surface area contributed by atoms with Crippen LogP contribution in [0.1, 0.15) is 12.3 Å². The molecule has 1 saturated heterocycles. The Balaban J connectivity index is 1.73. The molecule has 0 aliphatic carbocycles. The van der Waals surface area contributed by atoms with Crippen molar-refractivity contribution in [3.8, 4) is 17.1 Å². The van der Waals surface area contributed by atoms with Crippen LogP contribution < -0.4 is 4.74 Å². The molecule has 25 heavy (non-hydrogen) atoms. The van der Waals surface area contributed by atoms with Crippen LogP contribution >= 0.6 is 0 Å². The van der Waals surface area contributed by atoms with Gasteiger partial charge in [-0.1, -0.05) is 5.16 Å². The molecule has 2 aromatic rings. The van der Waals surface area contributed by atoms with Crippen LogP contribution in [-0.2, 0) is 6.18 Å². The second kappa shape index (κ2) is 6.22. The number of carboxylic acid groups (broad SMARTS) is 1. The molecule has 1 amide bonds. The lowest BCUT2D eigenvalue weighted by Gasteiger charge is -2.14. The van der Waals surface area contributed by atoms with Gasteiger partial charge in [0.1, 0.15) is 17.7 Å². The van der Waals surface area contributed by atoms with Crippen LogP contribution in [0.4, 0.5) is 22.4 Å². The third kappa shape index (κ3) is 3.64. The topological polar surface area (TPSA) is 88.7 Å². The van der Waals surface area contributed by atoms with E-state index in [2.05, 4.69) is 14.7 Å². The molecule has 11 heteroatoms. The van der Waals surface area contributed by atoms with Gasteiger partial charge < -0.3 is 19.3 Å². The molecule has 134 valence electrons. The monoisotopic (exact) mass is 361 g/mol. The summed E-state index contributed by atoms with van der Waals surface area (Å²) in [5.74, 6) is -2.87. The average Bonchev–Trinajstić information content (AvgIpc) is 3.16. The van der Waals surface area contributed by atoms with Gasteiger partial charge in [0.2, 0.25) is 5.82 Å². The molecule has 1 fully saturated rings. The fourth-order valence-electron chi connectivity index (χ4n) is 2.39. The van der Waals surface area contributed by atoms with Crippen LogP contribution in [-0.4, -0.2) is 45.4 Å². The number of amides is 1. The number of nitrogens with zero attached hydrogens (tertiary/aromatic N) is 3. The fourth-order valence-corrected chi connectivity index (χ4v) is 2.39. The molecule has 1 aliphatic rings. The Morgan fingerprint density at radius 3 is 2.72 bits per heavy atom. The van der Waals surface area contributed by atoms with E-state index < -0.39 is 35.9 Å². The molecule has 1 aromatic carbocycles. The van der Waals surface area contributed by atoms with Gasteiger partial charge in [0, 0.05) is 19.0 Å². The molecule has 1 N–H and O–H groups in total. The van der Waals surface area contributed by atoms with Crippen molar-refractivity contribution in [3.63, 3.8) is 0 Å². The standard InChI is InChI=1S/C14H11F4N3O4/c15-10-5-7(24-8-3-4-21(6-8)13(22)23)1-2-9(10)11-19-12(25-20-11)14(16,17)18/h1-2,5,8H,3-4,6H2,(H,22,23)/t8-/m0/s1. The number of halogens is 4. The van der Waals surface area contributed by atoms with Gasteiger partial charge in [-0.25, -0.2) is 9.18 Å². The van der Waals surface area contributed by atoms with Crippen LogP contribution in [0.2, 0.25) is 0 Å². The highest BCUT2D eigenvalue weighted by atomic mass is 19.4. The third-order valence-corrected chi connectivity index (χ3v) is 3.57. The highest BCUT2D eigenvalue weighted by molar-refractivity contribution is 5.65. The van der Waals surface area contributed by atoms with Crippen molar-refractivity contribution in [3.05, 3.63) is 29.9 Å². The summed E-state index contributed by atoms with van der Waals surface area (Å²) in [5.41, 5.74) is -0.273. The van der Waals surface area contributed by atoms with Crippen molar-refractivity contribution >= 4 is 6.09 Å². The van der Waals surface area contributed by atoms with Gasteiger partial charge in [0.15, 0.2) is 0 Å². The summed E-state index contributed by atoms with van der Waals surface area (Å²) < 4.78 is 61.0. The number of hydrogen-bond donors (Lipinski definition) is 1. The molecule has 1 atom stereocenters. The zero-order valence-corrected chi connectivity index (χ0v) is 12.5. The summed E-state index contributed by atoms with van der Waals surface area (Å²) in [6.45, 7) is 0.460. The van der Waals surface area contributed by atoms with Gasteiger partial charge in [-0.15, -0.1) is 0 Å². The van der Waals surface area contributed by atoms with E-state index >= 15 is 0 Å². The van der Waals surface area contributed by atoms with Crippen molar-refractivity contribution in [2.75, 3.05) is 13.1 Å². The SMILES string of the molecule is O=C(O)N1CC[C@H](Oc2ccc(-c3noc(C(F)(F)F)n3)c(F)c2)C1. The van der Waals surface area contributed by atoms with Crippen molar-refractivity contribution in [1.29, 1.82) is 0 Å². The number of hydrogen-bond acceptors (Lipinski definition) is 5. The Morgan fingerprint density at radius 1 is 1.40 bits per heavy atom. The first-order chi connectivity index (χ1) is 11.7. The Bertz CT molecular complexity index is 793. The second-order valence-corrected chi connectivity index (χ2v) is 5.32. The van der Waals surface area contributed by atoms with E-state index in [0.717, 1.165) is 6.07 Å². The van der Waals surface area contributed by atoms with E-state index in [-0.39, 0.29) is 17.9 Å². The van der Waals surface area contributed by atoms with Crippen molar-refractivity contribution in [1.82, 2.24) is 15.0 Å². The van der Waals surface area contributed by atoms with E-state index in [1.54, 1.807) is 0 Å². The maximum Gasteiger partial charge on any atom is 0.471 e. The largest absolute Gasteiger partial charge is 0.488 e. The number of ether oxygens (including phenoxy) is 1. The zero-order valence-electron chi connectivity index (χ0n) is 12.5. The molecule has 3 rings (SSSR count). The first-order valence-electron chi connectivity index (χ1n) is 7.09. The van der Waals surface area contributed by atoms with Gasteiger partial charge in [-0.3, -0.25) is 0 Å². The van der Waals surface area contributed by atoms with Crippen LogP contribution in [0.3, 0.4) is 0 Å². The molecule has 7 nitrogen and oxygen atoms in total. The zero-order chi connectivity index (χ0) is 18.2. The predicted molar refractivity (Wildman–Crippen MR) is 73.3 cm³/mol. The predicted octanol–water partition coefficient (Wildman–Crippen LogP) is 3.03. The Labute approximate surface area is 137 Å². The van der Waals surface area contributed by atoms with Gasteiger partial charge in [-0.2, -0.15) is 18.2 Å². The molecular formula is C14H11F4N3O4. The van der Waals surface area contributed by atoms with E-state index in [0.29, 0.717) is 13.0 Å². The minimum atomic E-state index is -4.82. The van der Waals surface area contributed by atoms with Crippen LogP contribution in [0.15, 0.2) is 22.7 Å². The number of carbonyl (C=O) groups is 1. The number of rotatable bonds is 3. The quantitative estimate of drug-likeness (QED) is 0.846. The maximum absolute atomic E-state index is 14.1. The molecule has 1 aliphatic heterocycles. The second-order valence-electron chi connectivity index (χ2n) is 5.32. The normalized spacial score (nSPS) is 17.8. The summed E-state index contributed by atoms with van der Waals surface area (Å²) in [6, 6.07) is 3.48. The molecule has 0 saturated carbocycles. The van der Waals surface area contributed by atoms with Crippen LogP contribution in [0.25, 0.3) is 11.4 Å². The average molecular weight is 361 g/mol. The fraction of sp³-hybridized carbons (Fsp3) is 0.357. The summed E-state index contributed by atoms with van der Waals surface area (Å²) in [7, 11) is 0. The maximum atomic E-state index is 14.1. The third-order valence-electron chi connectivity index (χ3n) is 3.57. The molecule has 0 spiro atoms. The van der Waals surface area contributed by atoms with Gasteiger partial charge >= 0.3 is 18.2 Å². The minimum Gasteiger partial charge on any atom is -0.488 e. The van der Waals surface area contributed by atoms with Crippen molar-refractivity contribution in [2.24, 2.45) is 0 Å². The molecular weight excluding hydrogens is 350 g/mol. The van der Waals surface area contributed by atoms with E-state index in [1.165, 1.54) is 17.0 Å².